The van der Waals surface area contributed by atoms with Crippen LogP contribution in [0.5, 0.6) is 5.75 Å². The average molecular weight is 265 g/mol. The van der Waals surface area contributed by atoms with E-state index in [-0.39, 0.29) is 6.10 Å². The highest BCUT2D eigenvalue weighted by Gasteiger charge is 2.11. The molecule has 3 heteroatoms. The van der Waals surface area contributed by atoms with Gasteiger partial charge in [0.2, 0.25) is 0 Å². The van der Waals surface area contributed by atoms with Crippen LogP contribution >= 0.6 is 0 Å². The minimum atomic E-state index is -0.264. The lowest BCUT2D eigenvalue weighted by Crippen LogP contribution is -2.35. The first-order chi connectivity index (χ1) is 9.02. The van der Waals surface area contributed by atoms with Crippen molar-refractivity contribution in [1.29, 1.82) is 0 Å². The number of nitrogens with one attached hydrogen (secondary N) is 1. The summed E-state index contributed by atoms with van der Waals surface area (Å²) in [7, 11) is 1.70. The lowest BCUT2D eigenvalue weighted by molar-refractivity contribution is 0.143. The number of rotatable bonds is 8. The summed E-state index contributed by atoms with van der Waals surface area (Å²) in [6.45, 7) is 7.03. The van der Waals surface area contributed by atoms with E-state index in [2.05, 4.69) is 32.2 Å². The van der Waals surface area contributed by atoms with E-state index in [1.54, 1.807) is 7.11 Å². The molecule has 0 heterocycles. The normalized spacial score (nSPS) is 14.4. The minimum Gasteiger partial charge on any atom is -0.496 e. The largest absolute Gasteiger partial charge is 0.496 e. The van der Waals surface area contributed by atoms with Gasteiger partial charge >= 0.3 is 0 Å². The average Bonchev–Trinajstić information content (AvgIpc) is 2.36. The number of hydrogen-bond donors (Lipinski definition) is 2. The second-order valence-corrected chi connectivity index (χ2v) is 5.61. The van der Waals surface area contributed by atoms with E-state index >= 15 is 0 Å². The molecule has 0 bridgehead atoms. The lowest BCUT2D eigenvalue weighted by atomic mass is 10.0. The Kier molecular flexibility index (Phi) is 6.89. The fourth-order valence-corrected chi connectivity index (χ4v) is 2.24. The summed E-state index contributed by atoms with van der Waals surface area (Å²) >= 11 is 0. The molecule has 2 atom stereocenters. The number of methoxy groups -OCH3 is 1. The Morgan fingerprint density at radius 1 is 1.21 bits per heavy atom. The van der Waals surface area contributed by atoms with Crippen LogP contribution in [0.4, 0.5) is 0 Å². The Hall–Kier alpha value is -1.06. The molecule has 0 spiro atoms. The number of aliphatic hydroxyl groups excluding tert-OH is 1. The fraction of sp³-hybridized carbons (Fsp3) is 0.625. The van der Waals surface area contributed by atoms with Gasteiger partial charge in [-0.3, -0.25) is 0 Å². The number of para-hydroxylation sites is 1. The third-order valence-corrected chi connectivity index (χ3v) is 3.16. The molecule has 1 aromatic rings. The fourth-order valence-electron chi connectivity index (χ4n) is 2.24. The minimum absolute atomic E-state index is 0.264. The number of benzene rings is 1. The first-order valence-electron chi connectivity index (χ1n) is 7.06. The van der Waals surface area contributed by atoms with Crippen LogP contribution in [-0.4, -0.2) is 30.9 Å². The maximum absolute atomic E-state index is 9.85. The molecule has 108 valence electrons. The lowest BCUT2D eigenvalue weighted by Gasteiger charge is -2.19. The summed E-state index contributed by atoms with van der Waals surface area (Å²) in [5.74, 6) is 1.46. The number of ether oxygens (including phenoxy) is 1. The number of hydrogen-bond acceptors (Lipinski definition) is 3. The van der Waals surface area contributed by atoms with Gasteiger partial charge in [0.05, 0.1) is 13.2 Å². The predicted molar refractivity (Wildman–Crippen MR) is 79.6 cm³/mol. The first kappa shape index (κ1) is 16.0. The van der Waals surface area contributed by atoms with Gasteiger partial charge in [0, 0.05) is 12.6 Å². The Bertz CT molecular complexity index is 366. The molecule has 1 rings (SSSR count). The molecule has 0 aliphatic carbocycles. The maximum atomic E-state index is 9.85. The van der Waals surface area contributed by atoms with E-state index in [0.29, 0.717) is 18.5 Å². The zero-order valence-corrected chi connectivity index (χ0v) is 12.5. The van der Waals surface area contributed by atoms with Gasteiger partial charge in [-0.1, -0.05) is 32.0 Å². The highest BCUT2D eigenvalue weighted by Crippen LogP contribution is 2.18. The molecular weight excluding hydrogens is 238 g/mol. The van der Waals surface area contributed by atoms with Crippen molar-refractivity contribution in [2.75, 3.05) is 13.7 Å². The van der Waals surface area contributed by atoms with E-state index < -0.39 is 0 Å². The van der Waals surface area contributed by atoms with Crippen LogP contribution in [0.2, 0.25) is 0 Å². The summed E-state index contributed by atoms with van der Waals surface area (Å²) in [5.41, 5.74) is 1.20. The second-order valence-electron chi connectivity index (χ2n) is 5.61. The molecule has 0 amide bonds. The Labute approximate surface area is 117 Å². The highest BCUT2D eigenvalue weighted by molar-refractivity contribution is 5.33. The zero-order valence-electron chi connectivity index (χ0n) is 12.5. The molecule has 1 aromatic carbocycles. The van der Waals surface area contributed by atoms with Gasteiger partial charge in [-0.2, -0.15) is 0 Å². The van der Waals surface area contributed by atoms with E-state index in [1.165, 1.54) is 5.56 Å². The SMILES string of the molecule is COc1ccccc1CC(C)NCC(O)CC(C)C. The molecule has 0 aliphatic heterocycles. The monoisotopic (exact) mass is 265 g/mol. The molecule has 0 aliphatic rings. The second kappa shape index (κ2) is 8.18. The van der Waals surface area contributed by atoms with E-state index in [4.69, 9.17) is 4.74 Å². The van der Waals surface area contributed by atoms with Gasteiger partial charge in [0.1, 0.15) is 5.75 Å². The van der Waals surface area contributed by atoms with Crippen LogP contribution in [0.25, 0.3) is 0 Å². The smallest absolute Gasteiger partial charge is 0.122 e. The maximum Gasteiger partial charge on any atom is 0.122 e. The summed E-state index contributed by atoms with van der Waals surface area (Å²) in [6, 6.07) is 8.39. The molecule has 2 N–H and O–H groups in total. The van der Waals surface area contributed by atoms with Gasteiger partial charge in [-0.25, -0.2) is 0 Å². The van der Waals surface area contributed by atoms with Gasteiger partial charge in [-0.05, 0) is 37.3 Å². The molecule has 0 aromatic heterocycles. The standard InChI is InChI=1S/C16H27NO2/c1-12(2)9-15(18)11-17-13(3)10-14-7-5-6-8-16(14)19-4/h5-8,12-13,15,17-18H,9-11H2,1-4H3. The van der Waals surface area contributed by atoms with Gasteiger partial charge in [-0.15, -0.1) is 0 Å². The van der Waals surface area contributed by atoms with Crippen LogP contribution in [0.15, 0.2) is 24.3 Å². The summed E-state index contributed by atoms with van der Waals surface area (Å²) in [6.07, 6.45) is 1.48. The molecule has 0 fully saturated rings. The van der Waals surface area contributed by atoms with Gasteiger partial charge < -0.3 is 15.2 Å². The third-order valence-electron chi connectivity index (χ3n) is 3.16. The van der Waals surface area contributed by atoms with Crippen LogP contribution in [0.1, 0.15) is 32.8 Å². The zero-order chi connectivity index (χ0) is 14.3. The van der Waals surface area contributed by atoms with Gasteiger partial charge in [0.25, 0.3) is 0 Å². The Morgan fingerprint density at radius 2 is 1.89 bits per heavy atom. The van der Waals surface area contributed by atoms with E-state index in [1.807, 2.05) is 18.2 Å². The summed E-state index contributed by atoms with van der Waals surface area (Å²) in [4.78, 5) is 0. The predicted octanol–water partition coefficient (Wildman–Crippen LogP) is 2.62. The molecule has 19 heavy (non-hydrogen) atoms. The van der Waals surface area contributed by atoms with Gasteiger partial charge in [0.15, 0.2) is 0 Å². The van der Waals surface area contributed by atoms with Crippen molar-refractivity contribution in [1.82, 2.24) is 5.32 Å². The van der Waals surface area contributed by atoms with Crippen molar-refractivity contribution >= 4 is 0 Å². The Balaban J connectivity index is 2.40. The van der Waals surface area contributed by atoms with Crippen molar-refractivity contribution < 1.29 is 9.84 Å². The molecule has 2 unspecified atom stereocenters. The number of aliphatic hydroxyl groups is 1. The molecule has 0 radical (unpaired) electrons. The van der Waals surface area contributed by atoms with Crippen LogP contribution in [0, 0.1) is 5.92 Å². The topological polar surface area (TPSA) is 41.5 Å². The molecular formula is C16H27NO2. The molecule has 0 saturated carbocycles. The van der Waals surface area contributed by atoms with Crippen LogP contribution < -0.4 is 10.1 Å². The molecule has 0 saturated heterocycles. The quantitative estimate of drug-likeness (QED) is 0.759. The van der Waals surface area contributed by atoms with Crippen molar-refractivity contribution in [2.24, 2.45) is 5.92 Å². The van der Waals surface area contributed by atoms with Crippen molar-refractivity contribution in [3.63, 3.8) is 0 Å². The summed E-state index contributed by atoms with van der Waals surface area (Å²) in [5, 5.41) is 13.2. The van der Waals surface area contributed by atoms with Crippen molar-refractivity contribution in [3.8, 4) is 5.75 Å². The Morgan fingerprint density at radius 3 is 2.53 bits per heavy atom. The third kappa shape index (κ3) is 6.08. The van der Waals surface area contributed by atoms with Crippen molar-refractivity contribution in [3.05, 3.63) is 29.8 Å². The van der Waals surface area contributed by atoms with E-state index in [9.17, 15) is 5.11 Å². The van der Waals surface area contributed by atoms with Crippen LogP contribution in [-0.2, 0) is 6.42 Å². The van der Waals surface area contributed by atoms with Crippen molar-refractivity contribution in [2.45, 2.75) is 45.8 Å². The van der Waals surface area contributed by atoms with Crippen LogP contribution in [0.3, 0.4) is 0 Å². The first-order valence-corrected chi connectivity index (χ1v) is 7.06. The summed E-state index contributed by atoms with van der Waals surface area (Å²) < 4.78 is 5.35. The highest BCUT2D eigenvalue weighted by atomic mass is 16.5. The van der Waals surface area contributed by atoms with E-state index in [0.717, 1.165) is 18.6 Å². The molecule has 3 nitrogen and oxygen atoms in total.